The van der Waals surface area contributed by atoms with Crippen LogP contribution in [0.2, 0.25) is 0 Å². The predicted molar refractivity (Wildman–Crippen MR) is 86.7 cm³/mol. The molecular formula is C16H27NO2S. The molecule has 0 radical (unpaired) electrons. The number of benzene rings is 1. The number of hydrogen-bond acceptors (Lipinski definition) is 3. The largest absolute Gasteiger partial charge is 0.494 e. The molecule has 114 valence electrons. The van der Waals surface area contributed by atoms with E-state index in [1.165, 1.54) is 5.56 Å². The second kappa shape index (κ2) is 9.14. The maximum atomic E-state index is 12.1. The van der Waals surface area contributed by atoms with Gasteiger partial charge in [0.2, 0.25) is 0 Å². The SMILES string of the molecule is CCNC(CS(=O)CC(C)C)c1ccc(OCC)cc1. The molecule has 0 aliphatic heterocycles. The summed E-state index contributed by atoms with van der Waals surface area (Å²) in [5.74, 6) is 2.78. The van der Waals surface area contributed by atoms with Crippen molar-refractivity contribution in [1.29, 1.82) is 0 Å². The molecule has 0 saturated carbocycles. The summed E-state index contributed by atoms with van der Waals surface area (Å²) >= 11 is 0. The van der Waals surface area contributed by atoms with Crippen molar-refractivity contribution >= 4 is 10.8 Å². The molecule has 0 aliphatic carbocycles. The summed E-state index contributed by atoms with van der Waals surface area (Å²) in [5, 5.41) is 3.42. The molecule has 0 heterocycles. The van der Waals surface area contributed by atoms with Crippen molar-refractivity contribution in [2.75, 3.05) is 24.7 Å². The highest BCUT2D eigenvalue weighted by Crippen LogP contribution is 2.19. The molecule has 4 heteroatoms. The third-order valence-electron chi connectivity index (χ3n) is 2.92. The van der Waals surface area contributed by atoms with Crippen molar-refractivity contribution in [2.45, 2.75) is 33.7 Å². The molecule has 0 aromatic heterocycles. The third-order valence-corrected chi connectivity index (χ3v) is 4.66. The lowest BCUT2D eigenvalue weighted by atomic mass is 10.1. The van der Waals surface area contributed by atoms with Gasteiger partial charge in [-0.3, -0.25) is 4.21 Å². The zero-order valence-corrected chi connectivity index (χ0v) is 13.8. The summed E-state index contributed by atoms with van der Waals surface area (Å²) in [6.07, 6.45) is 0. The fourth-order valence-electron chi connectivity index (χ4n) is 2.11. The van der Waals surface area contributed by atoms with Gasteiger partial charge in [0.25, 0.3) is 0 Å². The van der Waals surface area contributed by atoms with Gasteiger partial charge in [-0.1, -0.05) is 32.9 Å². The molecular weight excluding hydrogens is 270 g/mol. The third kappa shape index (κ3) is 6.06. The van der Waals surface area contributed by atoms with Crippen molar-refractivity contribution < 1.29 is 8.95 Å². The monoisotopic (exact) mass is 297 g/mol. The molecule has 2 unspecified atom stereocenters. The average molecular weight is 297 g/mol. The van der Waals surface area contributed by atoms with E-state index in [1.807, 2.05) is 19.1 Å². The topological polar surface area (TPSA) is 38.3 Å². The second-order valence-corrected chi connectivity index (χ2v) is 6.83. The standard InChI is InChI=1S/C16H27NO2S/c1-5-17-16(12-20(18)11-13(3)4)14-7-9-15(10-8-14)19-6-2/h7-10,13,16-17H,5-6,11-12H2,1-4H3. The van der Waals surface area contributed by atoms with Crippen LogP contribution >= 0.6 is 0 Å². The molecule has 1 aromatic carbocycles. The summed E-state index contributed by atoms with van der Waals surface area (Å²) in [5.41, 5.74) is 1.17. The number of ether oxygens (including phenoxy) is 1. The quantitative estimate of drug-likeness (QED) is 0.761. The Balaban J connectivity index is 2.71. The van der Waals surface area contributed by atoms with Crippen molar-refractivity contribution in [3.63, 3.8) is 0 Å². The first kappa shape index (κ1) is 17.2. The summed E-state index contributed by atoms with van der Waals surface area (Å²) in [6.45, 7) is 9.82. The van der Waals surface area contributed by atoms with Crippen LogP contribution in [0.15, 0.2) is 24.3 Å². The molecule has 1 N–H and O–H groups in total. The average Bonchev–Trinajstić information content (AvgIpc) is 2.38. The van der Waals surface area contributed by atoms with Crippen LogP contribution in [0.25, 0.3) is 0 Å². The lowest BCUT2D eigenvalue weighted by molar-refractivity contribution is 0.340. The van der Waals surface area contributed by atoms with Crippen LogP contribution < -0.4 is 10.1 Å². The Morgan fingerprint density at radius 3 is 2.30 bits per heavy atom. The van der Waals surface area contributed by atoms with Crippen LogP contribution in [-0.4, -0.2) is 28.9 Å². The van der Waals surface area contributed by atoms with Gasteiger partial charge in [-0.15, -0.1) is 0 Å². The molecule has 1 aromatic rings. The van der Waals surface area contributed by atoms with E-state index in [0.717, 1.165) is 18.0 Å². The fourth-order valence-corrected chi connectivity index (χ4v) is 3.67. The second-order valence-electron chi connectivity index (χ2n) is 5.28. The van der Waals surface area contributed by atoms with Crippen molar-refractivity contribution in [1.82, 2.24) is 5.32 Å². The molecule has 2 atom stereocenters. The Morgan fingerprint density at radius 2 is 1.80 bits per heavy atom. The highest BCUT2D eigenvalue weighted by atomic mass is 32.2. The summed E-state index contributed by atoms with van der Waals surface area (Å²) in [6, 6.07) is 8.23. The van der Waals surface area contributed by atoms with E-state index in [0.29, 0.717) is 18.3 Å². The van der Waals surface area contributed by atoms with E-state index in [-0.39, 0.29) is 6.04 Å². The molecule has 1 rings (SSSR count). The van der Waals surface area contributed by atoms with E-state index >= 15 is 0 Å². The molecule has 0 spiro atoms. The van der Waals surface area contributed by atoms with Crippen LogP contribution in [0.5, 0.6) is 5.75 Å². The Morgan fingerprint density at radius 1 is 1.15 bits per heavy atom. The zero-order valence-electron chi connectivity index (χ0n) is 13.0. The summed E-state index contributed by atoms with van der Waals surface area (Å²) in [7, 11) is -0.785. The molecule has 20 heavy (non-hydrogen) atoms. The first-order valence-corrected chi connectivity index (χ1v) is 8.86. The van der Waals surface area contributed by atoms with Crippen molar-refractivity contribution in [2.24, 2.45) is 5.92 Å². The minimum Gasteiger partial charge on any atom is -0.494 e. The molecule has 0 amide bonds. The predicted octanol–water partition coefficient (Wildman–Crippen LogP) is 3.14. The number of hydrogen-bond donors (Lipinski definition) is 1. The van der Waals surface area contributed by atoms with E-state index < -0.39 is 10.8 Å². The van der Waals surface area contributed by atoms with Crippen LogP contribution in [0.1, 0.15) is 39.3 Å². The van der Waals surface area contributed by atoms with E-state index in [2.05, 4.69) is 38.2 Å². The van der Waals surface area contributed by atoms with Gasteiger partial charge in [-0.05, 0) is 37.1 Å². The minimum atomic E-state index is -0.785. The number of rotatable bonds is 9. The van der Waals surface area contributed by atoms with Gasteiger partial charge in [0, 0.05) is 28.3 Å². The minimum absolute atomic E-state index is 0.148. The van der Waals surface area contributed by atoms with Crippen LogP contribution in [0.4, 0.5) is 0 Å². The maximum absolute atomic E-state index is 12.1. The first-order valence-electron chi connectivity index (χ1n) is 7.37. The Bertz CT molecular complexity index is 403. The van der Waals surface area contributed by atoms with Gasteiger partial charge >= 0.3 is 0 Å². The molecule has 0 aliphatic rings. The van der Waals surface area contributed by atoms with E-state index in [9.17, 15) is 4.21 Å². The maximum Gasteiger partial charge on any atom is 0.119 e. The lowest BCUT2D eigenvalue weighted by Gasteiger charge is -2.19. The van der Waals surface area contributed by atoms with Gasteiger partial charge in [0.15, 0.2) is 0 Å². The number of nitrogens with one attached hydrogen (secondary N) is 1. The van der Waals surface area contributed by atoms with Crippen LogP contribution in [0.3, 0.4) is 0 Å². The van der Waals surface area contributed by atoms with E-state index in [4.69, 9.17) is 4.74 Å². The van der Waals surface area contributed by atoms with Crippen LogP contribution in [0, 0.1) is 5.92 Å². The molecule has 3 nitrogen and oxygen atoms in total. The van der Waals surface area contributed by atoms with Crippen LogP contribution in [-0.2, 0) is 10.8 Å². The molecule has 0 saturated heterocycles. The van der Waals surface area contributed by atoms with E-state index in [1.54, 1.807) is 0 Å². The van der Waals surface area contributed by atoms with Gasteiger partial charge in [-0.2, -0.15) is 0 Å². The normalized spacial score (nSPS) is 14.2. The Labute approximate surface area is 125 Å². The first-order chi connectivity index (χ1) is 9.56. The van der Waals surface area contributed by atoms with Crippen molar-refractivity contribution in [3.05, 3.63) is 29.8 Å². The lowest BCUT2D eigenvalue weighted by Crippen LogP contribution is -2.27. The fraction of sp³-hybridized carbons (Fsp3) is 0.625. The van der Waals surface area contributed by atoms with Gasteiger partial charge in [0.1, 0.15) is 5.75 Å². The van der Waals surface area contributed by atoms with Gasteiger partial charge in [0.05, 0.1) is 6.61 Å². The Hall–Kier alpha value is -0.870. The highest BCUT2D eigenvalue weighted by molar-refractivity contribution is 7.85. The highest BCUT2D eigenvalue weighted by Gasteiger charge is 2.15. The Kier molecular flexibility index (Phi) is 7.85. The molecule has 0 bridgehead atoms. The van der Waals surface area contributed by atoms with Gasteiger partial charge < -0.3 is 10.1 Å². The zero-order chi connectivity index (χ0) is 15.0. The summed E-state index contributed by atoms with van der Waals surface area (Å²) in [4.78, 5) is 0. The van der Waals surface area contributed by atoms with Crippen molar-refractivity contribution in [3.8, 4) is 5.75 Å². The van der Waals surface area contributed by atoms with Gasteiger partial charge in [-0.25, -0.2) is 0 Å². The summed E-state index contributed by atoms with van der Waals surface area (Å²) < 4.78 is 17.6. The smallest absolute Gasteiger partial charge is 0.119 e. The molecule has 0 fully saturated rings.